The molecule has 5 heteroatoms. The topological polar surface area (TPSA) is 64.6 Å². The first-order chi connectivity index (χ1) is 6.83. The van der Waals surface area contributed by atoms with Crippen LogP contribution in [0.5, 0.6) is 0 Å². The fraction of sp³-hybridized carbons (Fsp3) is 0.111. The number of H-pyrrole nitrogens is 1. The molecule has 0 fully saturated rings. The molecule has 1 N–H and O–H groups in total. The Bertz CT molecular complexity index is 511. The minimum atomic E-state index is 0.320. The van der Waals surface area contributed by atoms with E-state index in [4.69, 9.17) is 17.1 Å². The number of nitrogens with one attached hydrogen (secondary N) is 1. The fourth-order valence-corrected chi connectivity index (χ4v) is 1.74. The third kappa shape index (κ3) is 1.41. The van der Waals surface area contributed by atoms with Crippen LogP contribution < -0.4 is 0 Å². The summed E-state index contributed by atoms with van der Waals surface area (Å²) in [6.07, 6.45) is 1.81. The number of halogens is 1. The largest absolute Gasteiger partial charge is 0.361 e. The number of aromatic nitrogens is 1. The number of nitrogens with zero attached hydrogens (tertiary/aromatic N) is 3. The lowest BCUT2D eigenvalue weighted by Gasteiger charge is -1.95. The van der Waals surface area contributed by atoms with Crippen LogP contribution in [0, 0.1) is 0 Å². The molecule has 0 spiro atoms. The van der Waals surface area contributed by atoms with Crippen molar-refractivity contribution < 1.29 is 0 Å². The summed E-state index contributed by atoms with van der Waals surface area (Å²) in [6, 6.07) is 5.62. The molecule has 1 heterocycles. The monoisotopic (exact) mass is 206 g/mol. The first-order valence-corrected chi connectivity index (χ1v) is 4.46. The van der Waals surface area contributed by atoms with Gasteiger partial charge >= 0.3 is 0 Å². The Hall–Kier alpha value is -1.64. The van der Waals surface area contributed by atoms with E-state index < -0.39 is 0 Å². The van der Waals surface area contributed by atoms with Crippen molar-refractivity contribution >= 4 is 22.5 Å². The van der Waals surface area contributed by atoms with Crippen LogP contribution >= 0.6 is 11.6 Å². The summed E-state index contributed by atoms with van der Waals surface area (Å²) in [5.41, 5.74) is 10.1. The minimum Gasteiger partial charge on any atom is -0.361 e. The highest BCUT2D eigenvalue weighted by atomic mass is 35.5. The smallest absolute Gasteiger partial charge is 0.0532 e. The Morgan fingerprint density at radius 3 is 3.14 bits per heavy atom. The van der Waals surface area contributed by atoms with Crippen LogP contribution in [0.2, 0.25) is 5.02 Å². The van der Waals surface area contributed by atoms with E-state index in [-0.39, 0.29) is 0 Å². The average Bonchev–Trinajstić information content (AvgIpc) is 2.59. The molecule has 0 unspecified atom stereocenters. The summed E-state index contributed by atoms with van der Waals surface area (Å²) in [5, 5.41) is 5.11. The summed E-state index contributed by atoms with van der Waals surface area (Å²) in [7, 11) is 0. The maximum absolute atomic E-state index is 8.22. The van der Waals surface area contributed by atoms with E-state index in [1.54, 1.807) is 0 Å². The van der Waals surface area contributed by atoms with Crippen molar-refractivity contribution in [3.8, 4) is 0 Å². The quantitative estimate of drug-likeness (QED) is 0.443. The van der Waals surface area contributed by atoms with E-state index in [2.05, 4.69) is 15.0 Å². The van der Waals surface area contributed by atoms with E-state index >= 15 is 0 Å². The van der Waals surface area contributed by atoms with Gasteiger partial charge in [-0.05, 0) is 23.2 Å². The molecule has 0 aliphatic heterocycles. The Balaban J connectivity index is 2.60. The van der Waals surface area contributed by atoms with Crippen molar-refractivity contribution in [3.63, 3.8) is 0 Å². The number of aromatic amines is 1. The normalized spacial score (nSPS) is 10.1. The predicted molar refractivity (Wildman–Crippen MR) is 56.2 cm³/mol. The van der Waals surface area contributed by atoms with Crippen LogP contribution in [-0.4, -0.2) is 4.98 Å². The lowest BCUT2D eigenvalue weighted by molar-refractivity contribution is 1.06. The molecule has 70 valence electrons. The van der Waals surface area contributed by atoms with Crippen LogP contribution in [0.15, 0.2) is 29.5 Å². The summed E-state index contributed by atoms with van der Waals surface area (Å²) >= 11 is 6.03. The maximum atomic E-state index is 8.22. The molecule has 0 atom stereocenters. The van der Waals surface area contributed by atoms with Crippen molar-refractivity contribution in [1.29, 1.82) is 0 Å². The zero-order chi connectivity index (χ0) is 9.97. The Kier molecular flexibility index (Phi) is 2.31. The van der Waals surface area contributed by atoms with Gasteiger partial charge in [-0.25, -0.2) is 0 Å². The van der Waals surface area contributed by atoms with Crippen molar-refractivity contribution in [1.82, 2.24) is 4.98 Å². The van der Waals surface area contributed by atoms with Crippen molar-refractivity contribution in [2.24, 2.45) is 5.11 Å². The summed E-state index contributed by atoms with van der Waals surface area (Å²) in [6.45, 7) is 0.320. The number of rotatable bonds is 2. The van der Waals surface area contributed by atoms with Gasteiger partial charge in [-0.3, -0.25) is 0 Å². The standard InChI is InChI=1S/C9H7ClN4/c10-7-2-1-3-8-9(7)6(4-12-8)5-13-14-11/h1-4,12H,5H2. The summed E-state index contributed by atoms with van der Waals surface area (Å²) < 4.78 is 0. The van der Waals surface area contributed by atoms with E-state index in [0.29, 0.717) is 11.6 Å². The van der Waals surface area contributed by atoms with Crippen molar-refractivity contribution in [3.05, 3.63) is 45.4 Å². The second-order valence-electron chi connectivity index (χ2n) is 2.87. The number of benzene rings is 1. The van der Waals surface area contributed by atoms with Gasteiger partial charge in [-0.15, -0.1) is 0 Å². The van der Waals surface area contributed by atoms with Crippen LogP contribution in [0.4, 0.5) is 0 Å². The molecule has 1 aromatic heterocycles. The SMILES string of the molecule is [N-]=[N+]=NCc1c[nH]c2cccc(Cl)c12. The molecular formula is C9H7ClN4. The molecular weight excluding hydrogens is 200 g/mol. The lowest BCUT2D eigenvalue weighted by atomic mass is 10.2. The Morgan fingerprint density at radius 1 is 1.50 bits per heavy atom. The third-order valence-electron chi connectivity index (χ3n) is 2.04. The van der Waals surface area contributed by atoms with E-state index in [1.807, 2.05) is 24.4 Å². The van der Waals surface area contributed by atoms with Gasteiger partial charge in [-0.2, -0.15) is 0 Å². The average molecular weight is 207 g/mol. The summed E-state index contributed by atoms with van der Waals surface area (Å²) in [4.78, 5) is 5.79. The first-order valence-electron chi connectivity index (χ1n) is 4.08. The zero-order valence-corrected chi connectivity index (χ0v) is 7.99. The van der Waals surface area contributed by atoms with Crippen molar-refractivity contribution in [2.75, 3.05) is 0 Å². The van der Waals surface area contributed by atoms with Gasteiger partial charge in [0, 0.05) is 22.0 Å². The second-order valence-corrected chi connectivity index (χ2v) is 3.27. The van der Waals surface area contributed by atoms with Gasteiger partial charge in [0.2, 0.25) is 0 Å². The molecule has 2 rings (SSSR count). The molecule has 0 aliphatic carbocycles. The predicted octanol–water partition coefficient (Wildman–Crippen LogP) is 3.63. The van der Waals surface area contributed by atoms with Gasteiger partial charge in [0.25, 0.3) is 0 Å². The molecule has 0 bridgehead atoms. The summed E-state index contributed by atoms with van der Waals surface area (Å²) in [5.74, 6) is 0. The first kappa shape index (κ1) is 8.94. The molecule has 0 saturated carbocycles. The molecule has 14 heavy (non-hydrogen) atoms. The number of fused-ring (bicyclic) bond motifs is 1. The van der Waals surface area contributed by atoms with Crippen molar-refractivity contribution in [2.45, 2.75) is 6.54 Å². The molecule has 0 amide bonds. The lowest BCUT2D eigenvalue weighted by Crippen LogP contribution is -1.77. The number of hydrogen-bond donors (Lipinski definition) is 1. The van der Waals surface area contributed by atoms with Gasteiger partial charge in [0.05, 0.1) is 11.6 Å². The highest BCUT2D eigenvalue weighted by molar-refractivity contribution is 6.35. The van der Waals surface area contributed by atoms with Gasteiger partial charge in [-0.1, -0.05) is 22.8 Å². The Labute approximate surface area is 85.1 Å². The van der Waals surface area contributed by atoms with Gasteiger partial charge in [0.1, 0.15) is 0 Å². The van der Waals surface area contributed by atoms with E-state index in [0.717, 1.165) is 16.5 Å². The maximum Gasteiger partial charge on any atom is 0.0532 e. The third-order valence-corrected chi connectivity index (χ3v) is 2.36. The van der Waals surface area contributed by atoms with Crippen LogP contribution in [0.1, 0.15) is 5.56 Å². The fourth-order valence-electron chi connectivity index (χ4n) is 1.44. The van der Waals surface area contributed by atoms with Gasteiger partial charge < -0.3 is 4.98 Å². The Morgan fingerprint density at radius 2 is 2.36 bits per heavy atom. The van der Waals surface area contributed by atoms with E-state index in [1.165, 1.54) is 0 Å². The van der Waals surface area contributed by atoms with Crippen LogP contribution in [0.3, 0.4) is 0 Å². The minimum absolute atomic E-state index is 0.320. The highest BCUT2D eigenvalue weighted by Gasteiger charge is 2.05. The number of azide groups is 1. The number of hydrogen-bond acceptors (Lipinski definition) is 1. The molecule has 2 aromatic rings. The molecule has 4 nitrogen and oxygen atoms in total. The zero-order valence-electron chi connectivity index (χ0n) is 7.24. The van der Waals surface area contributed by atoms with E-state index in [9.17, 15) is 0 Å². The molecule has 0 radical (unpaired) electrons. The molecule has 0 aliphatic rings. The van der Waals surface area contributed by atoms with Crippen LogP contribution in [0.25, 0.3) is 21.3 Å². The second kappa shape index (κ2) is 3.62. The van der Waals surface area contributed by atoms with Crippen LogP contribution in [-0.2, 0) is 6.54 Å². The highest BCUT2D eigenvalue weighted by Crippen LogP contribution is 2.26. The molecule has 0 saturated heterocycles. The molecule has 1 aromatic carbocycles. The van der Waals surface area contributed by atoms with Gasteiger partial charge in [0.15, 0.2) is 0 Å².